The Kier molecular flexibility index (Phi) is 6.76. The van der Waals surface area contributed by atoms with E-state index in [9.17, 15) is 9.59 Å². The van der Waals surface area contributed by atoms with Crippen molar-refractivity contribution in [1.29, 1.82) is 0 Å². The van der Waals surface area contributed by atoms with Crippen molar-refractivity contribution in [2.24, 2.45) is 0 Å². The Balaban J connectivity index is 1.74. The predicted molar refractivity (Wildman–Crippen MR) is 111 cm³/mol. The molecule has 1 aromatic heterocycles. The van der Waals surface area contributed by atoms with Gasteiger partial charge in [0, 0.05) is 12.2 Å². The van der Waals surface area contributed by atoms with Crippen molar-refractivity contribution in [3.05, 3.63) is 78.0 Å². The summed E-state index contributed by atoms with van der Waals surface area (Å²) in [7, 11) is 0. The number of carbonyl (C=O) groups is 2. The number of aliphatic hydroxyl groups is 1. The molecule has 1 unspecified atom stereocenters. The monoisotopic (exact) mass is 392 g/mol. The first-order valence-corrected chi connectivity index (χ1v) is 9.48. The summed E-state index contributed by atoms with van der Waals surface area (Å²) in [5.41, 5.74) is 2.41. The summed E-state index contributed by atoms with van der Waals surface area (Å²) in [5, 5.41) is 18.9. The van der Waals surface area contributed by atoms with Gasteiger partial charge < -0.3 is 15.7 Å². The van der Waals surface area contributed by atoms with Gasteiger partial charge in [0.15, 0.2) is 0 Å². The Morgan fingerprint density at radius 1 is 1.03 bits per heavy atom. The van der Waals surface area contributed by atoms with Crippen LogP contribution in [0.4, 0.5) is 5.82 Å². The van der Waals surface area contributed by atoms with Crippen LogP contribution in [0.2, 0.25) is 0 Å². The predicted octanol–water partition coefficient (Wildman–Crippen LogP) is 2.75. The number of benzene rings is 2. The topological polar surface area (TPSA) is 96.2 Å². The van der Waals surface area contributed by atoms with Crippen molar-refractivity contribution in [3.63, 3.8) is 0 Å². The molecule has 3 aromatic rings. The van der Waals surface area contributed by atoms with E-state index in [0.717, 1.165) is 16.8 Å². The first-order valence-electron chi connectivity index (χ1n) is 9.48. The van der Waals surface area contributed by atoms with Crippen molar-refractivity contribution in [3.8, 4) is 5.69 Å². The van der Waals surface area contributed by atoms with Crippen molar-refractivity contribution in [2.75, 3.05) is 11.9 Å². The first kappa shape index (κ1) is 20.3. The highest BCUT2D eigenvalue weighted by Crippen LogP contribution is 2.20. The maximum absolute atomic E-state index is 12.6. The number of aromatic nitrogens is 2. The summed E-state index contributed by atoms with van der Waals surface area (Å²) >= 11 is 0. The molecule has 1 heterocycles. The van der Waals surface area contributed by atoms with Gasteiger partial charge in [0.1, 0.15) is 5.82 Å². The first-order chi connectivity index (χ1) is 14.1. The Labute approximate surface area is 169 Å². The van der Waals surface area contributed by atoms with Gasteiger partial charge in [0.05, 0.1) is 17.9 Å². The summed E-state index contributed by atoms with van der Waals surface area (Å²) in [6.07, 6.45) is 2.68. The van der Waals surface area contributed by atoms with Gasteiger partial charge in [-0.2, -0.15) is 5.10 Å². The molecule has 1 atom stereocenters. The highest BCUT2D eigenvalue weighted by Gasteiger charge is 2.22. The number of amides is 2. The zero-order valence-corrected chi connectivity index (χ0v) is 16.2. The van der Waals surface area contributed by atoms with Crippen LogP contribution in [-0.4, -0.2) is 33.3 Å². The van der Waals surface area contributed by atoms with Crippen LogP contribution in [0, 0.1) is 6.92 Å². The van der Waals surface area contributed by atoms with Crippen LogP contribution in [0.15, 0.2) is 66.9 Å². The van der Waals surface area contributed by atoms with Gasteiger partial charge in [-0.25, -0.2) is 4.68 Å². The van der Waals surface area contributed by atoms with Gasteiger partial charge in [-0.3, -0.25) is 9.59 Å². The average Bonchev–Trinajstić information content (AvgIpc) is 3.12. The molecule has 3 rings (SSSR count). The molecule has 0 fully saturated rings. The lowest BCUT2D eigenvalue weighted by Crippen LogP contribution is -2.38. The normalized spacial score (nSPS) is 11.7. The minimum Gasteiger partial charge on any atom is -0.396 e. The van der Waals surface area contributed by atoms with Gasteiger partial charge in [-0.15, -0.1) is 0 Å². The number of hydrogen-bond acceptors (Lipinski definition) is 4. The van der Waals surface area contributed by atoms with Gasteiger partial charge in [-0.1, -0.05) is 48.5 Å². The minimum absolute atomic E-state index is 0.0147. The molecule has 3 N–H and O–H groups in total. The number of aryl methyl sites for hydroxylation is 1. The number of carbonyl (C=O) groups excluding carboxylic acids is 2. The van der Waals surface area contributed by atoms with E-state index >= 15 is 0 Å². The van der Waals surface area contributed by atoms with Crippen LogP contribution >= 0.6 is 0 Å². The molecule has 150 valence electrons. The molecule has 0 bridgehead atoms. The Morgan fingerprint density at radius 3 is 2.34 bits per heavy atom. The summed E-state index contributed by atoms with van der Waals surface area (Å²) in [6, 6.07) is 18.4. The minimum atomic E-state index is -0.768. The van der Waals surface area contributed by atoms with E-state index in [1.807, 2.05) is 67.6 Å². The molecular weight excluding hydrogens is 368 g/mol. The molecule has 0 aliphatic carbocycles. The second-order valence-electron chi connectivity index (χ2n) is 6.68. The summed E-state index contributed by atoms with van der Waals surface area (Å²) in [4.78, 5) is 25.1. The highest BCUT2D eigenvalue weighted by atomic mass is 16.3. The van der Waals surface area contributed by atoms with E-state index in [2.05, 4.69) is 15.7 Å². The molecule has 7 nitrogen and oxygen atoms in total. The number of nitrogens with one attached hydrogen (secondary N) is 2. The third-order valence-corrected chi connectivity index (χ3v) is 4.55. The molecule has 2 amide bonds. The second kappa shape index (κ2) is 9.66. The zero-order chi connectivity index (χ0) is 20.6. The fourth-order valence-corrected chi connectivity index (χ4v) is 3.04. The molecule has 0 radical (unpaired) electrons. The highest BCUT2D eigenvalue weighted by molar-refractivity contribution is 6.39. The largest absolute Gasteiger partial charge is 0.396 e. The van der Waals surface area contributed by atoms with Crippen molar-refractivity contribution < 1.29 is 14.7 Å². The lowest BCUT2D eigenvalue weighted by Gasteiger charge is -2.19. The van der Waals surface area contributed by atoms with E-state index in [1.165, 1.54) is 0 Å². The maximum atomic E-state index is 12.6. The van der Waals surface area contributed by atoms with E-state index < -0.39 is 11.8 Å². The van der Waals surface area contributed by atoms with Gasteiger partial charge in [0.2, 0.25) is 0 Å². The fraction of sp³-hybridized carbons (Fsp3) is 0.227. The third-order valence-electron chi connectivity index (χ3n) is 4.55. The molecule has 0 saturated heterocycles. The smallest absolute Gasteiger partial charge is 0.314 e. The van der Waals surface area contributed by atoms with Crippen LogP contribution in [0.5, 0.6) is 0 Å². The SMILES string of the molecule is Cc1cnn(-c2ccccc2)c1NC(=O)C(=O)NC(CCCO)c1ccccc1. The fourth-order valence-electron chi connectivity index (χ4n) is 3.04. The van der Waals surface area contributed by atoms with Crippen LogP contribution in [0.1, 0.15) is 30.0 Å². The number of anilines is 1. The van der Waals surface area contributed by atoms with E-state index in [1.54, 1.807) is 10.9 Å². The van der Waals surface area contributed by atoms with E-state index in [-0.39, 0.29) is 12.6 Å². The maximum Gasteiger partial charge on any atom is 0.314 e. The molecule has 0 saturated carbocycles. The molecule has 29 heavy (non-hydrogen) atoms. The molecule has 0 aliphatic heterocycles. The molecular formula is C22H24N4O3. The second-order valence-corrected chi connectivity index (χ2v) is 6.68. The van der Waals surface area contributed by atoms with Gasteiger partial charge in [0.25, 0.3) is 0 Å². The number of rotatable bonds is 7. The number of nitrogens with zero attached hydrogens (tertiary/aromatic N) is 2. The van der Waals surface area contributed by atoms with Crippen molar-refractivity contribution in [2.45, 2.75) is 25.8 Å². The van der Waals surface area contributed by atoms with Crippen LogP contribution in [0.25, 0.3) is 5.69 Å². The Morgan fingerprint density at radius 2 is 1.69 bits per heavy atom. The van der Waals surface area contributed by atoms with Crippen LogP contribution in [0.3, 0.4) is 0 Å². The number of aliphatic hydroxyl groups excluding tert-OH is 1. The summed E-state index contributed by atoms with van der Waals surface area (Å²) in [5.74, 6) is -1.06. The zero-order valence-electron chi connectivity index (χ0n) is 16.2. The lowest BCUT2D eigenvalue weighted by atomic mass is 10.0. The van der Waals surface area contributed by atoms with Crippen LogP contribution in [-0.2, 0) is 9.59 Å². The summed E-state index contributed by atoms with van der Waals surface area (Å²) in [6.45, 7) is 1.83. The molecule has 7 heteroatoms. The molecule has 0 spiro atoms. The quantitative estimate of drug-likeness (QED) is 0.539. The lowest BCUT2D eigenvalue weighted by molar-refractivity contribution is -0.136. The van der Waals surface area contributed by atoms with E-state index in [0.29, 0.717) is 18.7 Å². The van der Waals surface area contributed by atoms with Gasteiger partial charge in [-0.05, 0) is 37.5 Å². The van der Waals surface area contributed by atoms with Crippen molar-refractivity contribution >= 4 is 17.6 Å². The molecule has 0 aliphatic rings. The number of hydrogen-bond donors (Lipinski definition) is 3. The van der Waals surface area contributed by atoms with Crippen LogP contribution < -0.4 is 10.6 Å². The van der Waals surface area contributed by atoms with Crippen molar-refractivity contribution in [1.82, 2.24) is 15.1 Å². The standard InChI is InChI=1S/C22H24N4O3/c1-16-15-23-26(18-11-6-3-7-12-18)20(16)25-22(29)21(28)24-19(13-8-14-27)17-9-4-2-5-10-17/h2-7,9-12,15,19,27H,8,13-14H2,1H3,(H,24,28)(H,25,29). The number of para-hydroxylation sites is 1. The van der Waals surface area contributed by atoms with E-state index in [4.69, 9.17) is 5.11 Å². The average molecular weight is 392 g/mol. The Bertz CT molecular complexity index is 955. The molecule has 2 aromatic carbocycles. The summed E-state index contributed by atoms with van der Waals surface area (Å²) < 4.78 is 1.58. The van der Waals surface area contributed by atoms with Gasteiger partial charge >= 0.3 is 11.8 Å². The third kappa shape index (κ3) is 5.08. The Hall–Kier alpha value is -3.45.